The maximum absolute atomic E-state index is 12.7. The summed E-state index contributed by atoms with van der Waals surface area (Å²) in [5, 5.41) is 0. The second-order valence-electron chi connectivity index (χ2n) is 7.19. The van der Waals surface area contributed by atoms with Gasteiger partial charge >= 0.3 is 6.09 Å². The average Bonchev–Trinajstić information content (AvgIpc) is 2.74. The predicted molar refractivity (Wildman–Crippen MR) is 114 cm³/mol. The summed E-state index contributed by atoms with van der Waals surface area (Å²) in [5.41, 5.74) is 1.91. The molecule has 2 amide bonds. The van der Waals surface area contributed by atoms with Crippen molar-refractivity contribution in [2.75, 3.05) is 32.8 Å². The maximum Gasteiger partial charge on any atom is 0.409 e. The molecule has 30 heavy (non-hydrogen) atoms. The van der Waals surface area contributed by atoms with Crippen LogP contribution in [0.15, 0.2) is 54.6 Å². The third-order valence-electron chi connectivity index (χ3n) is 4.91. The smallest absolute Gasteiger partial charge is 0.409 e. The van der Waals surface area contributed by atoms with Gasteiger partial charge < -0.3 is 14.5 Å². The summed E-state index contributed by atoms with van der Waals surface area (Å²) in [6.45, 7) is 3.82. The molecule has 160 valence electrons. The van der Waals surface area contributed by atoms with Gasteiger partial charge in [0.25, 0.3) is 5.91 Å². The van der Waals surface area contributed by atoms with Crippen molar-refractivity contribution in [3.8, 4) is 0 Å². The molecule has 2 aromatic rings. The van der Waals surface area contributed by atoms with Crippen molar-refractivity contribution in [1.29, 1.82) is 0 Å². The highest BCUT2D eigenvalue weighted by Crippen LogP contribution is 2.15. The Balaban J connectivity index is 1.56. The van der Waals surface area contributed by atoms with Crippen LogP contribution in [-0.2, 0) is 26.1 Å². The van der Waals surface area contributed by atoms with Gasteiger partial charge in [0, 0.05) is 31.7 Å². The molecule has 0 N–H and O–H groups in total. The molecule has 8 heteroatoms. The van der Waals surface area contributed by atoms with Gasteiger partial charge in [0.15, 0.2) is 9.84 Å². The molecule has 3 rings (SSSR count). The molecule has 0 unspecified atom stereocenters. The molecule has 0 atom stereocenters. The lowest BCUT2D eigenvalue weighted by atomic mass is 10.1. The molecular weight excluding hydrogens is 404 g/mol. The lowest BCUT2D eigenvalue weighted by Crippen LogP contribution is -2.50. The zero-order chi connectivity index (χ0) is 21.6. The number of piperazine rings is 1. The van der Waals surface area contributed by atoms with E-state index in [1.165, 1.54) is 0 Å². The third-order valence-corrected chi connectivity index (χ3v) is 6.46. The van der Waals surface area contributed by atoms with Crippen LogP contribution in [0.1, 0.15) is 28.4 Å². The first-order chi connectivity index (χ1) is 14.4. The average molecular weight is 431 g/mol. The molecule has 0 aliphatic carbocycles. The van der Waals surface area contributed by atoms with Crippen LogP contribution in [0.4, 0.5) is 4.79 Å². The van der Waals surface area contributed by atoms with E-state index >= 15 is 0 Å². The Hall–Kier alpha value is -2.87. The van der Waals surface area contributed by atoms with Crippen molar-refractivity contribution < 1.29 is 22.7 Å². The molecular formula is C22H26N2O5S. The van der Waals surface area contributed by atoms with Crippen LogP contribution in [0.2, 0.25) is 0 Å². The lowest BCUT2D eigenvalue weighted by Gasteiger charge is -2.34. The van der Waals surface area contributed by atoms with Gasteiger partial charge in [-0.25, -0.2) is 13.2 Å². The summed E-state index contributed by atoms with van der Waals surface area (Å²) in [7, 11) is -3.31. The van der Waals surface area contributed by atoms with Gasteiger partial charge in [0.05, 0.1) is 18.1 Å². The van der Waals surface area contributed by atoms with Gasteiger partial charge in [-0.15, -0.1) is 0 Å². The van der Waals surface area contributed by atoms with Crippen LogP contribution in [0.3, 0.4) is 0 Å². The maximum atomic E-state index is 12.7. The normalized spacial score (nSPS) is 14.4. The minimum atomic E-state index is -3.31. The van der Waals surface area contributed by atoms with Crippen molar-refractivity contribution in [3.63, 3.8) is 0 Å². The van der Waals surface area contributed by atoms with E-state index < -0.39 is 9.84 Å². The molecule has 2 aromatic carbocycles. The Kier molecular flexibility index (Phi) is 7.10. The van der Waals surface area contributed by atoms with Crippen molar-refractivity contribution in [2.45, 2.75) is 18.4 Å². The van der Waals surface area contributed by atoms with Crippen molar-refractivity contribution in [2.24, 2.45) is 0 Å². The van der Waals surface area contributed by atoms with Crippen LogP contribution in [0.25, 0.3) is 0 Å². The fourth-order valence-electron chi connectivity index (χ4n) is 3.37. The van der Waals surface area contributed by atoms with Gasteiger partial charge in [-0.05, 0) is 30.2 Å². The molecule has 0 bridgehead atoms. The van der Waals surface area contributed by atoms with Crippen LogP contribution < -0.4 is 0 Å². The summed E-state index contributed by atoms with van der Waals surface area (Å²) in [4.78, 5) is 27.8. The quantitative estimate of drug-likeness (QED) is 0.704. The van der Waals surface area contributed by atoms with E-state index in [2.05, 4.69) is 0 Å². The van der Waals surface area contributed by atoms with Gasteiger partial charge in [0.1, 0.15) is 0 Å². The third kappa shape index (κ3) is 5.82. The molecule has 0 spiro atoms. The molecule has 1 aliphatic heterocycles. The Labute approximate surface area is 177 Å². The van der Waals surface area contributed by atoms with E-state index in [-0.39, 0.29) is 23.5 Å². The van der Waals surface area contributed by atoms with Crippen molar-refractivity contribution >= 4 is 21.8 Å². The second kappa shape index (κ2) is 9.75. The van der Waals surface area contributed by atoms with Gasteiger partial charge in [-0.2, -0.15) is 0 Å². The Morgan fingerprint density at radius 1 is 0.833 bits per heavy atom. The molecule has 1 saturated heterocycles. The number of hydrogen-bond donors (Lipinski definition) is 0. The van der Waals surface area contributed by atoms with Gasteiger partial charge in [0.2, 0.25) is 0 Å². The van der Waals surface area contributed by atoms with E-state index in [1.807, 2.05) is 18.2 Å². The Morgan fingerprint density at radius 3 is 1.93 bits per heavy atom. The molecule has 0 aromatic heterocycles. The molecule has 1 heterocycles. The number of amides is 2. The first-order valence-electron chi connectivity index (χ1n) is 9.92. The Morgan fingerprint density at radius 2 is 1.37 bits per heavy atom. The van der Waals surface area contributed by atoms with Crippen LogP contribution >= 0.6 is 0 Å². The summed E-state index contributed by atoms with van der Waals surface area (Å²) in [6, 6.07) is 15.8. The summed E-state index contributed by atoms with van der Waals surface area (Å²) < 4.78 is 29.9. The number of carbonyl (C=O) groups excluding carboxylic acids is 2. The minimum absolute atomic E-state index is 0.0146. The fraction of sp³-hybridized carbons (Fsp3) is 0.364. The molecule has 1 aliphatic rings. The fourth-order valence-corrected chi connectivity index (χ4v) is 4.87. The number of hydrogen-bond acceptors (Lipinski definition) is 5. The van der Waals surface area contributed by atoms with E-state index in [0.29, 0.717) is 43.9 Å². The summed E-state index contributed by atoms with van der Waals surface area (Å²) >= 11 is 0. The molecule has 0 saturated carbocycles. The number of ether oxygens (including phenoxy) is 1. The zero-order valence-electron chi connectivity index (χ0n) is 17.0. The first kappa shape index (κ1) is 21.8. The van der Waals surface area contributed by atoms with Gasteiger partial charge in [-0.1, -0.05) is 42.5 Å². The SMILES string of the molecule is CCOC(=O)N1CCN(C(=O)c2ccc(CS(=O)(=O)Cc3ccccc3)cc2)CC1. The molecule has 7 nitrogen and oxygen atoms in total. The van der Waals surface area contributed by atoms with Gasteiger partial charge in [-0.3, -0.25) is 4.79 Å². The van der Waals surface area contributed by atoms with E-state index in [0.717, 1.165) is 5.56 Å². The second-order valence-corrected chi connectivity index (χ2v) is 9.26. The summed E-state index contributed by atoms with van der Waals surface area (Å²) in [6.07, 6.45) is -0.356. The highest BCUT2D eigenvalue weighted by molar-refractivity contribution is 7.89. The van der Waals surface area contributed by atoms with Crippen molar-refractivity contribution in [3.05, 3.63) is 71.3 Å². The predicted octanol–water partition coefficient (Wildman–Crippen LogP) is 2.72. The van der Waals surface area contributed by atoms with E-state index in [4.69, 9.17) is 4.74 Å². The largest absolute Gasteiger partial charge is 0.450 e. The highest BCUT2D eigenvalue weighted by Gasteiger charge is 2.25. The topological polar surface area (TPSA) is 84.0 Å². The van der Waals surface area contributed by atoms with E-state index in [1.54, 1.807) is 53.1 Å². The zero-order valence-corrected chi connectivity index (χ0v) is 17.8. The molecule has 1 fully saturated rings. The number of sulfone groups is 1. The molecule has 0 radical (unpaired) electrons. The first-order valence-corrected chi connectivity index (χ1v) is 11.7. The highest BCUT2D eigenvalue weighted by atomic mass is 32.2. The monoisotopic (exact) mass is 430 g/mol. The number of nitrogens with zero attached hydrogens (tertiary/aromatic N) is 2. The standard InChI is InChI=1S/C22H26N2O5S/c1-2-29-22(26)24-14-12-23(13-15-24)21(25)20-10-8-19(9-11-20)17-30(27,28)16-18-6-4-3-5-7-18/h3-11H,2,12-17H2,1H3. The van der Waals surface area contributed by atoms with Crippen molar-refractivity contribution in [1.82, 2.24) is 9.80 Å². The van der Waals surface area contributed by atoms with Crippen LogP contribution in [-0.4, -0.2) is 63.0 Å². The number of benzene rings is 2. The minimum Gasteiger partial charge on any atom is -0.450 e. The number of carbonyl (C=O) groups is 2. The van der Waals surface area contributed by atoms with Crippen LogP contribution in [0, 0.1) is 0 Å². The lowest BCUT2D eigenvalue weighted by molar-refractivity contribution is 0.0570. The van der Waals surface area contributed by atoms with Crippen LogP contribution in [0.5, 0.6) is 0 Å². The Bertz CT molecular complexity index is 966. The number of rotatable bonds is 6. The van der Waals surface area contributed by atoms with E-state index in [9.17, 15) is 18.0 Å². The summed E-state index contributed by atoms with van der Waals surface area (Å²) in [5.74, 6) is -0.217.